The standard InChI is InChI=1S/C19H25N3O4/c1-22-11-14(10-20-22)19(13-8-15(23)9-13)21-18(24)7-12-4-5-16(25-2)17(6-12)26-3/h4-6,10-11,13,15,19,23H,7-9H2,1-3H3,(H,21,24)/t13?,15?,19-/m1/s1. The van der Waals surface area contributed by atoms with Crippen molar-refractivity contribution in [2.75, 3.05) is 14.2 Å². The fourth-order valence-electron chi connectivity index (χ4n) is 3.38. The SMILES string of the molecule is COc1ccc(CC(=O)N[C@@H](c2cnn(C)c2)C2CC(O)C2)cc1OC. The summed E-state index contributed by atoms with van der Waals surface area (Å²) in [4.78, 5) is 12.6. The maximum Gasteiger partial charge on any atom is 0.224 e. The Labute approximate surface area is 152 Å². The number of carbonyl (C=O) groups is 1. The smallest absolute Gasteiger partial charge is 0.224 e. The zero-order valence-electron chi connectivity index (χ0n) is 15.3. The molecule has 2 N–H and O–H groups in total. The van der Waals surface area contributed by atoms with Gasteiger partial charge < -0.3 is 19.9 Å². The van der Waals surface area contributed by atoms with E-state index in [9.17, 15) is 9.90 Å². The number of nitrogens with zero attached hydrogens (tertiary/aromatic N) is 2. The fraction of sp³-hybridized carbons (Fsp3) is 0.474. The third-order valence-electron chi connectivity index (χ3n) is 4.83. The third kappa shape index (κ3) is 3.99. The number of amides is 1. The van der Waals surface area contributed by atoms with Crippen LogP contribution in [0, 0.1) is 5.92 Å². The van der Waals surface area contributed by atoms with Gasteiger partial charge in [-0.25, -0.2) is 0 Å². The zero-order chi connectivity index (χ0) is 18.7. The van der Waals surface area contributed by atoms with Gasteiger partial charge in [-0.1, -0.05) is 6.07 Å². The van der Waals surface area contributed by atoms with Gasteiger partial charge in [0.25, 0.3) is 0 Å². The second-order valence-electron chi connectivity index (χ2n) is 6.74. The molecule has 7 heteroatoms. The number of benzene rings is 1. The summed E-state index contributed by atoms with van der Waals surface area (Å²) in [5.74, 6) is 1.38. The van der Waals surface area contributed by atoms with Crippen LogP contribution in [-0.2, 0) is 18.3 Å². The van der Waals surface area contributed by atoms with Crippen LogP contribution < -0.4 is 14.8 Å². The minimum Gasteiger partial charge on any atom is -0.493 e. The molecule has 1 aliphatic rings. The molecule has 140 valence electrons. The van der Waals surface area contributed by atoms with Crippen molar-refractivity contribution in [2.45, 2.75) is 31.4 Å². The Morgan fingerprint density at radius 3 is 2.65 bits per heavy atom. The molecule has 0 bridgehead atoms. The highest BCUT2D eigenvalue weighted by Gasteiger charge is 2.36. The molecule has 0 spiro atoms. The lowest BCUT2D eigenvalue weighted by Crippen LogP contribution is -2.41. The Kier molecular flexibility index (Phi) is 5.46. The molecule has 0 unspecified atom stereocenters. The predicted molar refractivity (Wildman–Crippen MR) is 96.1 cm³/mol. The maximum absolute atomic E-state index is 12.6. The van der Waals surface area contributed by atoms with Gasteiger partial charge in [0, 0.05) is 18.8 Å². The minimum atomic E-state index is -0.276. The first-order valence-corrected chi connectivity index (χ1v) is 8.67. The maximum atomic E-state index is 12.6. The van der Waals surface area contributed by atoms with E-state index >= 15 is 0 Å². The molecule has 3 rings (SSSR count). The summed E-state index contributed by atoms with van der Waals surface area (Å²) in [6.45, 7) is 0. The van der Waals surface area contributed by atoms with Gasteiger partial charge in [0.15, 0.2) is 11.5 Å². The molecule has 0 saturated heterocycles. The second-order valence-corrected chi connectivity index (χ2v) is 6.74. The lowest BCUT2D eigenvalue weighted by atomic mass is 9.75. The molecular weight excluding hydrogens is 334 g/mol. The first-order valence-electron chi connectivity index (χ1n) is 8.67. The summed E-state index contributed by atoms with van der Waals surface area (Å²) in [6, 6.07) is 5.32. The summed E-state index contributed by atoms with van der Waals surface area (Å²) in [6.07, 6.45) is 5.03. The summed E-state index contributed by atoms with van der Waals surface area (Å²) in [5, 5.41) is 16.9. The summed E-state index contributed by atoms with van der Waals surface area (Å²) in [5.41, 5.74) is 1.81. The Morgan fingerprint density at radius 1 is 1.35 bits per heavy atom. The minimum absolute atomic E-state index is 0.0764. The summed E-state index contributed by atoms with van der Waals surface area (Å²) < 4.78 is 12.2. The third-order valence-corrected chi connectivity index (χ3v) is 4.83. The highest BCUT2D eigenvalue weighted by atomic mass is 16.5. The van der Waals surface area contributed by atoms with Crippen LogP contribution in [-0.4, -0.2) is 41.1 Å². The highest BCUT2D eigenvalue weighted by Crippen LogP contribution is 2.38. The van der Waals surface area contributed by atoms with Gasteiger partial charge in [0.2, 0.25) is 5.91 Å². The number of methoxy groups -OCH3 is 2. The largest absolute Gasteiger partial charge is 0.493 e. The predicted octanol–water partition coefficient (Wildman–Crippen LogP) is 1.61. The van der Waals surface area contributed by atoms with Crippen LogP contribution >= 0.6 is 0 Å². The van der Waals surface area contributed by atoms with Crippen LogP contribution in [0.5, 0.6) is 11.5 Å². The Morgan fingerprint density at radius 2 is 2.08 bits per heavy atom. The molecule has 1 amide bonds. The van der Waals surface area contributed by atoms with Crippen molar-refractivity contribution in [1.29, 1.82) is 0 Å². The summed E-state index contributed by atoms with van der Waals surface area (Å²) >= 11 is 0. The number of aliphatic hydroxyl groups excluding tert-OH is 1. The molecule has 26 heavy (non-hydrogen) atoms. The van der Waals surface area contributed by atoms with Gasteiger partial charge in [-0.05, 0) is 36.5 Å². The molecule has 1 aromatic carbocycles. The van der Waals surface area contributed by atoms with Crippen molar-refractivity contribution >= 4 is 5.91 Å². The van der Waals surface area contributed by atoms with Gasteiger partial charge in [0.05, 0.1) is 39.0 Å². The van der Waals surface area contributed by atoms with E-state index in [1.165, 1.54) is 0 Å². The summed E-state index contributed by atoms with van der Waals surface area (Å²) in [7, 11) is 5.00. The van der Waals surface area contributed by atoms with Crippen LogP contribution in [0.2, 0.25) is 0 Å². The van der Waals surface area contributed by atoms with Crippen LogP contribution in [0.25, 0.3) is 0 Å². The van der Waals surface area contributed by atoms with Crippen LogP contribution in [0.3, 0.4) is 0 Å². The number of aryl methyl sites for hydroxylation is 1. The van der Waals surface area contributed by atoms with Gasteiger partial charge in [-0.3, -0.25) is 9.48 Å². The number of carbonyl (C=O) groups excluding carboxylic acids is 1. The van der Waals surface area contributed by atoms with Crippen molar-refractivity contribution in [1.82, 2.24) is 15.1 Å². The van der Waals surface area contributed by atoms with E-state index in [2.05, 4.69) is 10.4 Å². The first kappa shape index (κ1) is 18.3. The van der Waals surface area contributed by atoms with Crippen molar-refractivity contribution in [3.05, 3.63) is 41.7 Å². The van der Waals surface area contributed by atoms with Gasteiger partial charge in [-0.2, -0.15) is 5.10 Å². The number of rotatable bonds is 7. The van der Waals surface area contributed by atoms with Crippen LogP contribution in [0.1, 0.15) is 30.0 Å². The van der Waals surface area contributed by atoms with E-state index in [1.807, 2.05) is 25.4 Å². The molecule has 1 saturated carbocycles. The van der Waals surface area contributed by atoms with E-state index < -0.39 is 0 Å². The van der Waals surface area contributed by atoms with E-state index in [-0.39, 0.29) is 30.4 Å². The van der Waals surface area contributed by atoms with Gasteiger partial charge in [-0.15, -0.1) is 0 Å². The Hall–Kier alpha value is -2.54. The Balaban J connectivity index is 1.70. The van der Waals surface area contributed by atoms with Crippen molar-refractivity contribution in [3.63, 3.8) is 0 Å². The number of nitrogens with one attached hydrogen (secondary N) is 1. The molecule has 1 aromatic heterocycles. The molecule has 0 aliphatic heterocycles. The van der Waals surface area contributed by atoms with Gasteiger partial charge >= 0.3 is 0 Å². The Bertz CT molecular complexity index is 768. The fourth-order valence-corrected chi connectivity index (χ4v) is 3.38. The molecule has 1 fully saturated rings. The van der Waals surface area contributed by atoms with E-state index in [4.69, 9.17) is 9.47 Å². The first-order chi connectivity index (χ1) is 12.5. The van der Waals surface area contributed by atoms with Crippen molar-refractivity contribution in [2.24, 2.45) is 13.0 Å². The van der Waals surface area contributed by atoms with Crippen molar-refractivity contribution < 1.29 is 19.4 Å². The lowest BCUT2D eigenvalue weighted by molar-refractivity contribution is -0.122. The number of aromatic nitrogens is 2. The number of aliphatic hydroxyl groups is 1. The average Bonchev–Trinajstić information content (AvgIpc) is 3.03. The topological polar surface area (TPSA) is 85.6 Å². The molecule has 7 nitrogen and oxygen atoms in total. The number of hydrogen-bond donors (Lipinski definition) is 2. The number of hydrogen-bond acceptors (Lipinski definition) is 5. The van der Waals surface area contributed by atoms with E-state index in [0.717, 1.165) is 11.1 Å². The molecule has 1 atom stereocenters. The molecular formula is C19H25N3O4. The van der Waals surface area contributed by atoms with Crippen LogP contribution in [0.4, 0.5) is 0 Å². The molecule has 1 aliphatic carbocycles. The van der Waals surface area contributed by atoms with Gasteiger partial charge in [0.1, 0.15) is 0 Å². The van der Waals surface area contributed by atoms with E-state index in [0.29, 0.717) is 24.3 Å². The molecule has 1 heterocycles. The van der Waals surface area contributed by atoms with Crippen molar-refractivity contribution in [3.8, 4) is 11.5 Å². The molecule has 0 radical (unpaired) electrons. The van der Waals surface area contributed by atoms with Crippen LogP contribution in [0.15, 0.2) is 30.6 Å². The quantitative estimate of drug-likeness (QED) is 0.784. The second kappa shape index (κ2) is 7.78. The highest BCUT2D eigenvalue weighted by molar-refractivity contribution is 5.79. The monoisotopic (exact) mass is 359 g/mol. The average molecular weight is 359 g/mol. The van der Waals surface area contributed by atoms with E-state index in [1.54, 1.807) is 31.2 Å². The lowest BCUT2D eigenvalue weighted by Gasteiger charge is -2.37. The normalized spacial score (nSPS) is 20.2. The molecule has 2 aromatic rings. The zero-order valence-corrected chi connectivity index (χ0v) is 15.3. The number of ether oxygens (including phenoxy) is 2.